The van der Waals surface area contributed by atoms with Crippen LogP contribution < -0.4 is 5.32 Å². The maximum absolute atomic E-state index is 5.39. The van der Waals surface area contributed by atoms with E-state index in [9.17, 15) is 0 Å². The lowest BCUT2D eigenvalue weighted by Crippen LogP contribution is -2.52. The zero-order valence-corrected chi connectivity index (χ0v) is 12.9. The number of hydrogen-bond acceptors (Lipinski definition) is 3. The molecule has 2 fully saturated rings. The summed E-state index contributed by atoms with van der Waals surface area (Å²) in [4.78, 5) is 2.76. The van der Waals surface area contributed by atoms with Crippen molar-refractivity contribution in [1.29, 1.82) is 0 Å². The molecule has 0 aromatic heterocycles. The van der Waals surface area contributed by atoms with Gasteiger partial charge in [0.1, 0.15) is 0 Å². The molecule has 0 aromatic carbocycles. The van der Waals surface area contributed by atoms with Crippen molar-refractivity contribution in [3.05, 3.63) is 0 Å². The molecule has 0 bridgehead atoms. The highest BCUT2D eigenvalue weighted by atomic mass is 16.5. The van der Waals surface area contributed by atoms with Crippen LogP contribution in [0.25, 0.3) is 0 Å². The Labute approximate surface area is 119 Å². The van der Waals surface area contributed by atoms with E-state index in [0.717, 1.165) is 25.1 Å². The number of piperidine rings is 1. The van der Waals surface area contributed by atoms with Crippen LogP contribution in [0.2, 0.25) is 0 Å². The molecule has 2 aliphatic rings. The van der Waals surface area contributed by atoms with Crippen LogP contribution in [0.1, 0.15) is 51.9 Å². The van der Waals surface area contributed by atoms with Crippen LogP contribution in [0, 0.1) is 5.92 Å². The maximum atomic E-state index is 5.39. The highest BCUT2D eigenvalue weighted by Crippen LogP contribution is 2.35. The fourth-order valence-corrected chi connectivity index (χ4v) is 3.96. The van der Waals surface area contributed by atoms with Gasteiger partial charge in [0.15, 0.2) is 0 Å². The average molecular weight is 268 g/mol. The second-order valence-corrected chi connectivity index (χ2v) is 6.36. The molecule has 0 aromatic rings. The summed E-state index contributed by atoms with van der Waals surface area (Å²) in [5.74, 6) is 0.983. The summed E-state index contributed by atoms with van der Waals surface area (Å²) in [7, 11) is 1.82. The standard InChI is InChI=1S/C16H32N2O/c1-3-10-17-15(13-19-2)12-18-11-6-8-14-7-4-5-9-16(14)18/h14-17H,3-13H2,1-2H3/t14-,15?,16-/m1/s1. The van der Waals surface area contributed by atoms with Gasteiger partial charge in [-0.15, -0.1) is 0 Å². The molecule has 0 amide bonds. The van der Waals surface area contributed by atoms with Crippen molar-refractivity contribution in [1.82, 2.24) is 10.2 Å². The van der Waals surface area contributed by atoms with Crippen LogP contribution in [0.15, 0.2) is 0 Å². The second-order valence-electron chi connectivity index (χ2n) is 6.36. The molecule has 1 unspecified atom stereocenters. The highest BCUT2D eigenvalue weighted by Gasteiger charge is 2.33. The number of ether oxygens (including phenoxy) is 1. The van der Waals surface area contributed by atoms with Crippen LogP contribution >= 0.6 is 0 Å². The molecule has 0 spiro atoms. The lowest BCUT2D eigenvalue weighted by atomic mass is 9.78. The van der Waals surface area contributed by atoms with Gasteiger partial charge in [-0.3, -0.25) is 4.90 Å². The first kappa shape index (κ1) is 15.3. The van der Waals surface area contributed by atoms with E-state index in [0.29, 0.717) is 6.04 Å². The normalized spacial score (nSPS) is 30.0. The van der Waals surface area contributed by atoms with Crippen molar-refractivity contribution in [2.75, 3.05) is 33.4 Å². The third kappa shape index (κ3) is 4.44. The molecule has 2 rings (SSSR count). The van der Waals surface area contributed by atoms with E-state index < -0.39 is 0 Å². The number of hydrogen-bond donors (Lipinski definition) is 1. The van der Waals surface area contributed by atoms with Crippen molar-refractivity contribution in [2.45, 2.75) is 64.0 Å². The molecule has 19 heavy (non-hydrogen) atoms. The minimum atomic E-state index is 0.505. The number of nitrogens with zero attached hydrogens (tertiary/aromatic N) is 1. The fraction of sp³-hybridized carbons (Fsp3) is 1.00. The van der Waals surface area contributed by atoms with Gasteiger partial charge in [-0.25, -0.2) is 0 Å². The van der Waals surface area contributed by atoms with E-state index in [2.05, 4.69) is 17.1 Å². The zero-order chi connectivity index (χ0) is 13.5. The number of nitrogens with one attached hydrogen (secondary N) is 1. The van der Waals surface area contributed by atoms with E-state index in [4.69, 9.17) is 4.74 Å². The molecular formula is C16H32N2O. The predicted molar refractivity (Wildman–Crippen MR) is 80.5 cm³/mol. The van der Waals surface area contributed by atoms with E-state index in [1.165, 1.54) is 58.0 Å². The van der Waals surface area contributed by atoms with Gasteiger partial charge in [0.25, 0.3) is 0 Å². The maximum Gasteiger partial charge on any atom is 0.0628 e. The number of likely N-dealkylation sites (tertiary alicyclic amines) is 1. The lowest BCUT2D eigenvalue weighted by Gasteiger charge is -2.45. The number of fused-ring (bicyclic) bond motifs is 1. The van der Waals surface area contributed by atoms with Crippen molar-refractivity contribution < 1.29 is 4.74 Å². The van der Waals surface area contributed by atoms with Crippen molar-refractivity contribution >= 4 is 0 Å². The Balaban J connectivity index is 1.86. The molecule has 3 heteroatoms. The Morgan fingerprint density at radius 2 is 2.00 bits per heavy atom. The fourth-order valence-electron chi connectivity index (χ4n) is 3.96. The minimum Gasteiger partial charge on any atom is -0.383 e. The van der Waals surface area contributed by atoms with E-state index >= 15 is 0 Å². The Hall–Kier alpha value is -0.120. The first-order chi connectivity index (χ1) is 9.35. The summed E-state index contributed by atoms with van der Waals surface area (Å²) in [6, 6.07) is 1.37. The first-order valence-electron chi connectivity index (χ1n) is 8.31. The van der Waals surface area contributed by atoms with Gasteiger partial charge in [-0.05, 0) is 51.1 Å². The van der Waals surface area contributed by atoms with E-state index in [1.54, 1.807) is 0 Å². The Bertz CT molecular complexity index is 245. The summed E-state index contributed by atoms with van der Waals surface area (Å²) in [6.07, 6.45) is 9.87. The third-order valence-corrected chi connectivity index (χ3v) is 4.86. The molecule has 1 aliphatic heterocycles. The topological polar surface area (TPSA) is 24.5 Å². The molecule has 3 atom stereocenters. The van der Waals surface area contributed by atoms with Crippen molar-refractivity contribution in [3.63, 3.8) is 0 Å². The number of methoxy groups -OCH3 is 1. The quantitative estimate of drug-likeness (QED) is 0.768. The summed E-state index contributed by atoms with van der Waals surface area (Å²) in [5, 5.41) is 3.65. The van der Waals surface area contributed by atoms with Crippen LogP contribution in [-0.2, 0) is 4.74 Å². The van der Waals surface area contributed by atoms with Crippen LogP contribution in [0.3, 0.4) is 0 Å². The van der Waals surface area contributed by atoms with Crippen molar-refractivity contribution in [3.8, 4) is 0 Å². The summed E-state index contributed by atoms with van der Waals surface area (Å²) in [6.45, 7) is 6.66. The van der Waals surface area contributed by atoms with Crippen molar-refractivity contribution in [2.24, 2.45) is 5.92 Å². The Morgan fingerprint density at radius 3 is 2.79 bits per heavy atom. The minimum absolute atomic E-state index is 0.505. The lowest BCUT2D eigenvalue weighted by molar-refractivity contribution is 0.0416. The molecular weight excluding hydrogens is 236 g/mol. The summed E-state index contributed by atoms with van der Waals surface area (Å²) < 4.78 is 5.39. The first-order valence-corrected chi connectivity index (χ1v) is 8.31. The summed E-state index contributed by atoms with van der Waals surface area (Å²) >= 11 is 0. The summed E-state index contributed by atoms with van der Waals surface area (Å²) in [5.41, 5.74) is 0. The monoisotopic (exact) mass is 268 g/mol. The highest BCUT2D eigenvalue weighted by molar-refractivity contribution is 4.89. The van der Waals surface area contributed by atoms with Crippen LogP contribution in [-0.4, -0.2) is 50.3 Å². The number of rotatable bonds is 7. The molecule has 1 saturated heterocycles. The molecule has 0 radical (unpaired) electrons. The largest absolute Gasteiger partial charge is 0.383 e. The van der Waals surface area contributed by atoms with Gasteiger partial charge < -0.3 is 10.1 Å². The molecule has 1 N–H and O–H groups in total. The van der Waals surface area contributed by atoms with E-state index in [1.807, 2.05) is 7.11 Å². The molecule has 1 aliphatic carbocycles. The predicted octanol–water partition coefficient (Wildman–Crippen LogP) is 2.66. The van der Waals surface area contributed by atoms with Crippen LogP contribution in [0.5, 0.6) is 0 Å². The van der Waals surface area contributed by atoms with Crippen LogP contribution in [0.4, 0.5) is 0 Å². The Kier molecular flexibility index (Phi) is 6.62. The third-order valence-electron chi connectivity index (χ3n) is 4.86. The molecule has 3 nitrogen and oxygen atoms in total. The molecule has 112 valence electrons. The van der Waals surface area contributed by atoms with Gasteiger partial charge >= 0.3 is 0 Å². The van der Waals surface area contributed by atoms with Gasteiger partial charge in [-0.1, -0.05) is 19.8 Å². The Morgan fingerprint density at radius 1 is 1.21 bits per heavy atom. The SMILES string of the molecule is CCCNC(COC)CN1CCC[C@H]2CCCC[C@H]21. The zero-order valence-electron chi connectivity index (χ0n) is 12.9. The van der Waals surface area contributed by atoms with Gasteiger partial charge in [0, 0.05) is 25.7 Å². The van der Waals surface area contributed by atoms with Gasteiger partial charge in [-0.2, -0.15) is 0 Å². The van der Waals surface area contributed by atoms with Gasteiger partial charge in [0.05, 0.1) is 6.61 Å². The molecule has 1 heterocycles. The molecule has 1 saturated carbocycles. The van der Waals surface area contributed by atoms with E-state index in [-0.39, 0.29) is 0 Å². The smallest absolute Gasteiger partial charge is 0.0628 e. The average Bonchev–Trinajstić information content (AvgIpc) is 2.45. The van der Waals surface area contributed by atoms with Gasteiger partial charge in [0.2, 0.25) is 0 Å². The second kappa shape index (κ2) is 8.23.